The number of nitrogens with zero attached hydrogens (tertiary/aromatic N) is 2. The van der Waals surface area contributed by atoms with Crippen LogP contribution in [0.2, 0.25) is 0 Å². The van der Waals surface area contributed by atoms with Gasteiger partial charge >= 0.3 is 0 Å². The van der Waals surface area contributed by atoms with Crippen LogP contribution >= 0.6 is 11.8 Å². The predicted octanol–water partition coefficient (Wildman–Crippen LogP) is 2.86. The quantitative estimate of drug-likeness (QED) is 0.921. The summed E-state index contributed by atoms with van der Waals surface area (Å²) in [5.74, 6) is 0.673. The van der Waals surface area contributed by atoms with Crippen molar-refractivity contribution in [2.24, 2.45) is 4.99 Å². The van der Waals surface area contributed by atoms with Crippen LogP contribution in [0.4, 0.5) is 5.69 Å². The summed E-state index contributed by atoms with van der Waals surface area (Å²) in [5, 5.41) is 3.40. The van der Waals surface area contributed by atoms with E-state index in [2.05, 4.69) is 5.32 Å². The second kappa shape index (κ2) is 7.17. The SMILES string of the molecule is CC(=O)NCCC(=O)N1C(=Nc2ccccc2C)SCC1(C)C. The van der Waals surface area contributed by atoms with Crippen molar-refractivity contribution in [2.75, 3.05) is 12.3 Å². The van der Waals surface area contributed by atoms with Crippen molar-refractivity contribution in [1.82, 2.24) is 10.2 Å². The van der Waals surface area contributed by atoms with E-state index in [1.54, 1.807) is 16.7 Å². The van der Waals surface area contributed by atoms with Gasteiger partial charge in [-0.15, -0.1) is 0 Å². The number of para-hydroxylation sites is 1. The Balaban J connectivity index is 2.20. The number of benzene rings is 1. The molecule has 0 aliphatic carbocycles. The van der Waals surface area contributed by atoms with E-state index in [9.17, 15) is 9.59 Å². The van der Waals surface area contributed by atoms with Gasteiger partial charge in [-0.3, -0.25) is 14.5 Å². The molecule has 0 atom stereocenters. The summed E-state index contributed by atoms with van der Waals surface area (Å²) in [5.41, 5.74) is 1.68. The lowest BCUT2D eigenvalue weighted by Gasteiger charge is -2.30. The number of hydrogen-bond acceptors (Lipinski definition) is 4. The van der Waals surface area contributed by atoms with Crippen LogP contribution in [-0.4, -0.2) is 39.7 Å². The van der Waals surface area contributed by atoms with Crippen LogP contribution in [0.25, 0.3) is 0 Å². The fraction of sp³-hybridized carbons (Fsp3) is 0.471. The minimum absolute atomic E-state index is 0.0129. The third-order valence-electron chi connectivity index (χ3n) is 3.64. The average Bonchev–Trinajstić information content (AvgIpc) is 2.76. The molecule has 1 fully saturated rings. The summed E-state index contributed by atoms with van der Waals surface area (Å²) in [6.07, 6.45) is 0.274. The zero-order valence-electron chi connectivity index (χ0n) is 14.0. The molecule has 0 unspecified atom stereocenters. The van der Waals surface area contributed by atoms with Crippen molar-refractivity contribution >= 4 is 34.4 Å². The van der Waals surface area contributed by atoms with Gasteiger partial charge in [0.1, 0.15) is 0 Å². The number of aryl methyl sites for hydroxylation is 1. The van der Waals surface area contributed by atoms with Crippen LogP contribution in [0.1, 0.15) is 32.8 Å². The van der Waals surface area contributed by atoms with Gasteiger partial charge in [0.05, 0.1) is 11.2 Å². The molecular formula is C17H23N3O2S. The maximum Gasteiger partial charge on any atom is 0.230 e. The van der Waals surface area contributed by atoms with Crippen LogP contribution in [0.15, 0.2) is 29.3 Å². The van der Waals surface area contributed by atoms with Gasteiger partial charge in [0.25, 0.3) is 0 Å². The van der Waals surface area contributed by atoms with Gasteiger partial charge in [-0.2, -0.15) is 0 Å². The molecule has 1 aliphatic rings. The molecule has 1 aliphatic heterocycles. The molecule has 2 rings (SSSR count). The summed E-state index contributed by atoms with van der Waals surface area (Å²) in [7, 11) is 0. The minimum atomic E-state index is -0.278. The molecule has 0 bridgehead atoms. The molecule has 1 aromatic carbocycles. The van der Waals surface area contributed by atoms with E-state index in [1.165, 1.54) is 6.92 Å². The van der Waals surface area contributed by atoms with E-state index in [4.69, 9.17) is 4.99 Å². The lowest BCUT2D eigenvalue weighted by atomic mass is 10.1. The molecule has 5 nitrogen and oxygen atoms in total. The number of thioether (sulfide) groups is 1. The number of hydrogen-bond donors (Lipinski definition) is 1. The summed E-state index contributed by atoms with van der Waals surface area (Å²) < 4.78 is 0. The minimum Gasteiger partial charge on any atom is -0.356 e. The monoisotopic (exact) mass is 333 g/mol. The Morgan fingerprint density at radius 3 is 2.70 bits per heavy atom. The third kappa shape index (κ3) is 4.34. The largest absolute Gasteiger partial charge is 0.356 e. The predicted molar refractivity (Wildman–Crippen MR) is 95.0 cm³/mol. The third-order valence-corrected chi connectivity index (χ3v) is 5.03. The number of nitrogens with one attached hydrogen (secondary N) is 1. The first-order valence-electron chi connectivity index (χ1n) is 7.66. The fourth-order valence-electron chi connectivity index (χ4n) is 2.40. The Morgan fingerprint density at radius 2 is 2.04 bits per heavy atom. The van der Waals surface area contributed by atoms with Crippen molar-refractivity contribution < 1.29 is 9.59 Å². The average molecular weight is 333 g/mol. The Labute approximate surface area is 141 Å². The highest BCUT2D eigenvalue weighted by Gasteiger charge is 2.40. The van der Waals surface area contributed by atoms with E-state index in [-0.39, 0.29) is 23.8 Å². The maximum atomic E-state index is 12.6. The molecule has 1 heterocycles. The Morgan fingerprint density at radius 1 is 1.35 bits per heavy atom. The van der Waals surface area contributed by atoms with Crippen molar-refractivity contribution in [1.29, 1.82) is 0 Å². The standard InChI is InChI=1S/C17H23N3O2S/c1-12-7-5-6-8-14(12)19-16-20(17(3,4)11-23-16)15(22)9-10-18-13(2)21/h5-8H,9-11H2,1-4H3,(H,18,21). The van der Waals surface area contributed by atoms with Crippen LogP contribution in [0.5, 0.6) is 0 Å². The molecule has 1 saturated heterocycles. The van der Waals surface area contributed by atoms with Gasteiger partial charge in [0.2, 0.25) is 11.8 Å². The Kier molecular flexibility index (Phi) is 5.46. The number of rotatable bonds is 4. The summed E-state index contributed by atoms with van der Waals surface area (Å²) in [4.78, 5) is 30.0. The van der Waals surface area contributed by atoms with Crippen molar-refractivity contribution in [3.63, 3.8) is 0 Å². The summed E-state index contributed by atoms with van der Waals surface area (Å²) in [6.45, 7) is 7.88. The van der Waals surface area contributed by atoms with Gasteiger partial charge in [-0.05, 0) is 32.4 Å². The highest BCUT2D eigenvalue weighted by atomic mass is 32.2. The zero-order chi connectivity index (χ0) is 17.0. The second-order valence-corrected chi connectivity index (χ2v) is 7.19. The normalized spacial score (nSPS) is 18.3. The Hall–Kier alpha value is -1.82. The smallest absolute Gasteiger partial charge is 0.230 e. The van der Waals surface area contributed by atoms with E-state index >= 15 is 0 Å². The van der Waals surface area contributed by atoms with Crippen LogP contribution in [-0.2, 0) is 9.59 Å². The first-order valence-corrected chi connectivity index (χ1v) is 8.64. The second-order valence-electron chi connectivity index (χ2n) is 6.24. The molecule has 2 amide bonds. The van der Waals surface area contributed by atoms with Gasteiger partial charge in [0, 0.05) is 25.6 Å². The van der Waals surface area contributed by atoms with Gasteiger partial charge in [-0.1, -0.05) is 30.0 Å². The summed E-state index contributed by atoms with van der Waals surface area (Å²) >= 11 is 1.60. The lowest BCUT2D eigenvalue weighted by Crippen LogP contribution is -2.47. The van der Waals surface area contributed by atoms with Gasteiger partial charge in [0.15, 0.2) is 5.17 Å². The lowest BCUT2D eigenvalue weighted by molar-refractivity contribution is -0.130. The molecule has 6 heteroatoms. The van der Waals surface area contributed by atoms with Crippen LogP contribution in [0.3, 0.4) is 0 Å². The van der Waals surface area contributed by atoms with E-state index in [0.29, 0.717) is 6.54 Å². The van der Waals surface area contributed by atoms with Crippen molar-refractivity contribution in [3.05, 3.63) is 29.8 Å². The van der Waals surface area contributed by atoms with Crippen molar-refractivity contribution in [3.8, 4) is 0 Å². The number of carbonyl (C=O) groups excluding carboxylic acids is 2. The number of amidine groups is 1. The molecule has 0 radical (unpaired) electrons. The first kappa shape index (κ1) is 17.5. The highest BCUT2D eigenvalue weighted by Crippen LogP contribution is 2.35. The van der Waals surface area contributed by atoms with Crippen LogP contribution in [0, 0.1) is 6.92 Å². The molecular weight excluding hydrogens is 310 g/mol. The molecule has 124 valence electrons. The first-order chi connectivity index (χ1) is 10.8. The van der Waals surface area contributed by atoms with Crippen LogP contribution < -0.4 is 5.32 Å². The highest BCUT2D eigenvalue weighted by molar-refractivity contribution is 8.14. The molecule has 0 saturated carbocycles. The molecule has 1 aromatic rings. The maximum absolute atomic E-state index is 12.6. The number of amides is 2. The van der Waals surface area contributed by atoms with Gasteiger partial charge in [-0.25, -0.2) is 4.99 Å². The fourth-order valence-corrected chi connectivity index (χ4v) is 3.66. The summed E-state index contributed by atoms with van der Waals surface area (Å²) in [6, 6.07) is 7.88. The topological polar surface area (TPSA) is 61.8 Å². The van der Waals surface area contributed by atoms with Crippen molar-refractivity contribution in [2.45, 2.75) is 39.7 Å². The molecule has 0 spiro atoms. The molecule has 1 N–H and O–H groups in total. The molecule has 0 aromatic heterocycles. The van der Waals surface area contributed by atoms with E-state index in [0.717, 1.165) is 22.2 Å². The van der Waals surface area contributed by atoms with E-state index in [1.807, 2.05) is 45.0 Å². The van der Waals surface area contributed by atoms with Gasteiger partial charge < -0.3 is 5.32 Å². The number of carbonyl (C=O) groups is 2. The molecule has 23 heavy (non-hydrogen) atoms. The Bertz CT molecular complexity index is 640. The van der Waals surface area contributed by atoms with E-state index < -0.39 is 0 Å². The number of aliphatic imine (C=N–C) groups is 1. The zero-order valence-corrected chi connectivity index (χ0v) is 14.9.